The number of aromatic amines is 1. The molecule has 2 aromatic carbocycles. The molecular formula is C14H8Cl2N4O7. The second-order valence-electron chi connectivity index (χ2n) is 4.93. The predicted octanol–water partition coefficient (Wildman–Crippen LogP) is 4.59. The smallest absolute Gasteiger partial charge is 0.324 e. The monoisotopic (exact) mass is 414 g/mol. The molecule has 0 aliphatic rings. The molecule has 1 aromatic heterocycles. The number of benzene rings is 2. The highest BCUT2D eigenvalue weighted by Gasteiger charge is 2.30. The number of aromatic hydroxyl groups is 1. The summed E-state index contributed by atoms with van der Waals surface area (Å²) in [5, 5.41) is 42.6. The Morgan fingerprint density at radius 1 is 0.889 bits per heavy atom. The molecule has 0 aliphatic heterocycles. The number of nitro groups is 3. The van der Waals surface area contributed by atoms with Crippen LogP contribution < -0.4 is 0 Å². The van der Waals surface area contributed by atoms with Crippen molar-refractivity contribution in [3.05, 3.63) is 76.9 Å². The van der Waals surface area contributed by atoms with Gasteiger partial charge in [-0.25, -0.2) is 0 Å². The third kappa shape index (κ3) is 4.40. The zero-order valence-corrected chi connectivity index (χ0v) is 14.5. The van der Waals surface area contributed by atoms with Crippen LogP contribution in [-0.4, -0.2) is 24.9 Å². The molecule has 11 nitrogen and oxygen atoms in total. The summed E-state index contributed by atoms with van der Waals surface area (Å²) in [6.07, 6.45) is 1.84. The van der Waals surface area contributed by atoms with E-state index in [9.17, 15) is 30.3 Å². The van der Waals surface area contributed by atoms with Gasteiger partial charge in [0, 0.05) is 22.1 Å². The summed E-state index contributed by atoms with van der Waals surface area (Å²) in [7, 11) is 0. The molecule has 27 heavy (non-hydrogen) atoms. The van der Waals surface area contributed by atoms with E-state index in [1.54, 1.807) is 6.07 Å². The molecule has 0 saturated carbocycles. The van der Waals surface area contributed by atoms with Crippen molar-refractivity contribution in [3.8, 4) is 5.75 Å². The lowest BCUT2D eigenvalue weighted by Gasteiger charge is -1.97. The van der Waals surface area contributed by atoms with Gasteiger partial charge in [0.2, 0.25) is 0 Å². The van der Waals surface area contributed by atoms with Gasteiger partial charge in [-0.05, 0) is 18.2 Å². The fraction of sp³-hybridized carbons (Fsp3) is 0. The summed E-state index contributed by atoms with van der Waals surface area (Å²) in [5.74, 6) is -1.21. The zero-order chi connectivity index (χ0) is 20.3. The number of nitrogens with zero attached hydrogens (tertiary/aromatic N) is 3. The van der Waals surface area contributed by atoms with Crippen molar-refractivity contribution in [1.82, 2.24) is 4.98 Å². The number of aromatic nitrogens is 1. The first-order valence-corrected chi connectivity index (χ1v) is 7.59. The number of hydrogen-bond donors (Lipinski definition) is 2. The molecule has 0 spiro atoms. The van der Waals surface area contributed by atoms with Crippen LogP contribution in [0.4, 0.5) is 17.1 Å². The van der Waals surface area contributed by atoms with Crippen LogP contribution in [0.15, 0.2) is 36.5 Å². The summed E-state index contributed by atoms with van der Waals surface area (Å²) in [5.41, 5.74) is -2.03. The second kappa shape index (κ2) is 7.85. The zero-order valence-electron chi connectivity index (χ0n) is 13.0. The first-order chi connectivity index (χ1) is 12.6. The van der Waals surface area contributed by atoms with E-state index in [4.69, 9.17) is 28.3 Å². The van der Waals surface area contributed by atoms with E-state index in [-0.39, 0.29) is 0 Å². The largest absolute Gasteiger partial charge is 0.497 e. The first-order valence-electron chi connectivity index (χ1n) is 6.84. The van der Waals surface area contributed by atoms with Crippen molar-refractivity contribution in [2.75, 3.05) is 0 Å². The van der Waals surface area contributed by atoms with Gasteiger partial charge in [0.15, 0.2) is 0 Å². The van der Waals surface area contributed by atoms with E-state index in [2.05, 4.69) is 4.98 Å². The molecule has 0 amide bonds. The number of hydrogen-bond acceptors (Lipinski definition) is 7. The number of H-pyrrole nitrogens is 1. The predicted molar refractivity (Wildman–Crippen MR) is 96.4 cm³/mol. The minimum Gasteiger partial charge on any atom is -0.497 e. The molecule has 3 rings (SSSR count). The van der Waals surface area contributed by atoms with Crippen molar-refractivity contribution in [3.63, 3.8) is 0 Å². The number of rotatable bonds is 3. The van der Waals surface area contributed by atoms with Gasteiger partial charge in [0.25, 0.3) is 11.4 Å². The number of halogens is 2. The van der Waals surface area contributed by atoms with Gasteiger partial charge in [0.1, 0.15) is 0 Å². The van der Waals surface area contributed by atoms with Crippen LogP contribution >= 0.6 is 23.2 Å². The number of phenols is 1. The molecule has 140 valence electrons. The van der Waals surface area contributed by atoms with E-state index < -0.39 is 37.6 Å². The Labute approximate surface area is 159 Å². The van der Waals surface area contributed by atoms with Gasteiger partial charge >= 0.3 is 11.4 Å². The minimum atomic E-state index is -1.21. The topological polar surface area (TPSA) is 165 Å². The van der Waals surface area contributed by atoms with Crippen LogP contribution in [0.25, 0.3) is 10.9 Å². The average molecular weight is 415 g/mol. The Bertz CT molecular complexity index is 1030. The summed E-state index contributed by atoms with van der Waals surface area (Å²) >= 11 is 11.7. The van der Waals surface area contributed by atoms with Crippen LogP contribution in [-0.2, 0) is 0 Å². The number of phenolic OH excluding ortho intramolecular Hbond substituents is 1. The van der Waals surface area contributed by atoms with Gasteiger partial charge in [0.05, 0.1) is 31.9 Å². The van der Waals surface area contributed by atoms with E-state index in [1.807, 2.05) is 18.3 Å². The highest BCUT2D eigenvalue weighted by Crippen LogP contribution is 2.38. The van der Waals surface area contributed by atoms with E-state index >= 15 is 0 Å². The Kier molecular flexibility index (Phi) is 5.78. The normalized spacial score (nSPS) is 10.1. The maximum Gasteiger partial charge on any atom is 0.324 e. The summed E-state index contributed by atoms with van der Waals surface area (Å²) in [4.78, 5) is 30.8. The molecule has 0 radical (unpaired) electrons. The number of non-ortho nitro benzene ring substituents is 1. The molecule has 0 fully saturated rings. The maximum atomic E-state index is 10.4. The molecule has 0 aliphatic carbocycles. The van der Waals surface area contributed by atoms with Crippen LogP contribution in [0.1, 0.15) is 0 Å². The third-order valence-electron chi connectivity index (χ3n) is 3.24. The fourth-order valence-electron chi connectivity index (χ4n) is 2.06. The molecule has 3 aromatic rings. The summed E-state index contributed by atoms with van der Waals surface area (Å²) in [6.45, 7) is 0. The second-order valence-corrected chi connectivity index (χ2v) is 5.77. The van der Waals surface area contributed by atoms with Crippen LogP contribution in [0.2, 0.25) is 10.0 Å². The van der Waals surface area contributed by atoms with Crippen molar-refractivity contribution in [2.45, 2.75) is 0 Å². The van der Waals surface area contributed by atoms with E-state index in [0.717, 1.165) is 10.9 Å². The molecule has 0 saturated heterocycles. The molecule has 2 N–H and O–H groups in total. The number of fused-ring (bicyclic) bond motifs is 1. The summed E-state index contributed by atoms with van der Waals surface area (Å²) < 4.78 is 0. The third-order valence-corrected chi connectivity index (χ3v) is 3.77. The van der Waals surface area contributed by atoms with Crippen LogP contribution in [0.5, 0.6) is 5.75 Å². The highest BCUT2D eigenvalue weighted by atomic mass is 35.5. The molecular weight excluding hydrogens is 407 g/mol. The Morgan fingerprint density at radius 2 is 1.44 bits per heavy atom. The molecule has 0 atom stereocenters. The van der Waals surface area contributed by atoms with Gasteiger partial charge in [-0.15, -0.1) is 0 Å². The Balaban J connectivity index is 0.000000206. The van der Waals surface area contributed by atoms with E-state index in [1.165, 1.54) is 0 Å². The number of nitro benzene ring substituents is 3. The average Bonchev–Trinajstić information content (AvgIpc) is 3.03. The maximum absolute atomic E-state index is 10.4. The molecule has 0 unspecified atom stereocenters. The van der Waals surface area contributed by atoms with E-state index in [0.29, 0.717) is 22.2 Å². The molecule has 0 bridgehead atoms. The lowest BCUT2D eigenvalue weighted by atomic mass is 10.2. The quantitative estimate of drug-likeness (QED) is 0.466. The van der Waals surface area contributed by atoms with Crippen LogP contribution in [0.3, 0.4) is 0 Å². The van der Waals surface area contributed by atoms with Gasteiger partial charge in [-0.3, -0.25) is 30.3 Å². The standard InChI is InChI=1S/C8H5Cl2N.C6H3N3O7/c9-5-3-7(10)6-1-2-11-8(6)4-5;10-6-4(8(13)14)1-3(7(11)12)2-5(6)9(15)16/h1-4,11H;1-2,10H. The van der Waals surface area contributed by atoms with Gasteiger partial charge < -0.3 is 10.1 Å². The minimum absolute atomic E-state index is 0.447. The van der Waals surface area contributed by atoms with Crippen LogP contribution in [0, 0.1) is 30.3 Å². The highest BCUT2D eigenvalue weighted by molar-refractivity contribution is 6.38. The number of nitrogens with one attached hydrogen (secondary N) is 1. The SMILES string of the molecule is Clc1cc(Cl)c2cc[nH]c2c1.O=[N+]([O-])c1cc([N+](=O)[O-])c(O)c([N+](=O)[O-])c1. The van der Waals surface area contributed by atoms with Crippen molar-refractivity contribution < 1.29 is 19.9 Å². The Morgan fingerprint density at radius 3 is 1.93 bits per heavy atom. The fourth-order valence-corrected chi connectivity index (χ4v) is 2.62. The molecule has 1 heterocycles. The summed E-state index contributed by atoms with van der Waals surface area (Å²) in [6, 6.07) is 6.40. The lowest BCUT2D eigenvalue weighted by molar-refractivity contribution is -0.404. The van der Waals surface area contributed by atoms with Gasteiger partial charge in [-0.2, -0.15) is 0 Å². The Hall–Kier alpha value is -3.44. The molecule has 13 heteroatoms. The lowest BCUT2D eigenvalue weighted by Crippen LogP contribution is -1.97. The first kappa shape index (κ1) is 19.9. The van der Waals surface area contributed by atoms with Gasteiger partial charge in [-0.1, -0.05) is 23.2 Å². The van der Waals surface area contributed by atoms with Crippen molar-refractivity contribution in [1.29, 1.82) is 0 Å². The van der Waals surface area contributed by atoms with Crippen molar-refractivity contribution >= 4 is 51.2 Å². The van der Waals surface area contributed by atoms with Crippen molar-refractivity contribution in [2.24, 2.45) is 0 Å².